The fourth-order valence-electron chi connectivity index (χ4n) is 3.47. The molecular weight excluding hydrogens is 319 g/mol. The average Bonchev–Trinajstić information content (AvgIpc) is 2.82. The summed E-state index contributed by atoms with van der Waals surface area (Å²) in [7, 11) is 1.53. The van der Waals surface area contributed by atoms with Crippen LogP contribution in [0, 0.1) is 0 Å². The number of rotatable bonds is 3. The van der Waals surface area contributed by atoms with E-state index in [0.29, 0.717) is 12.1 Å². The first-order chi connectivity index (χ1) is 11.3. The lowest BCUT2D eigenvalue weighted by atomic mass is 9.98. The van der Waals surface area contributed by atoms with Crippen LogP contribution < -0.4 is 0 Å². The highest BCUT2D eigenvalue weighted by Crippen LogP contribution is 2.38. The maximum absolute atomic E-state index is 13.4. The van der Waals surface area contributed by atoms with E-state index in [4.69, 9.17) is 0 Å². The summed E-state index contributed by atoms with van der Waals surface area (Å²) < 4.78 is 40.2. The van der Waals surface area contributed by atoms with Crippen LogP contribution in [0.25, 0.3) is 0 Å². The molecule has 2 aliphatic rings. The van der Waals surface area contributed by atoms with Gasteiger partial charge in [0.25, 0.3) is 5.91 Å². The van der Waals surface area contributed by atoms with Gasteiger partial charge in [-0.25, -0.2) is 0 Å². The molecule has 24 heavy (non-hydrogen) atoms. The number of likely N-dealkylation sites (N-methyl/N-ethyl adjacent to an activating group) is 1. The molecule has 1 saturated heterocycles. The topological polar surface area (TPSA) is 26.8 Å². The smallest absolute Gasteiger partial charge is 0.337 e. The highest BCUT2D eigenvalue weighted by atomic mass is 19.4. The standard InChI is InChI=1S/C17H22F3N3O/c1-3-22-4-6-23(7-5-22)10-12-8-13-14(11-21(2)16(13)24)15(9-12)17(18,19)20/h8-9H,3-7,10-11H2,1-2H3. The fourth-order valence-corrected chi connectivity index (χ4v) is 3.47. The second kappa shape index (κ2) is 6.37. The fraction of sp³-hybridized carbons (Fsp3) is 0.588. The summed E-state index contributed by atoms with van der Waals surface area (Å²) in [4.78, 5) is 17.9. The molecule has 0 aromatic heterocycles. The van der Waals surface area contributed by atoms with Crippen LogP contribution in [-0.2, 0) is 19.3 Å². The third kappa shape index (κ3) is 3.28. The van der Waals surface area contributed by atoms with E-state index in [1.54, 1.807) is 6.07 Å². The Morgan fingerprint density at radius 3 is 2.29 bits per heavy atom. The maximum Gasteiger partial charge on any atom is 0.416 e. The Balaban J connectivity index is 1.86. The van der Waals surface area contributed by atoms with Gasteiger partial charge in [-0.3, -0.25) is 9.69 Å². The van der Waals surface area contributed by atoms with E-state index in [9.17, 15) is 18.0 Å². The van der Waals surface area contributed by atoms with Crippen LogP contribution in [0.15, 0.2) is 12.1 Å². The molecule has 0 radical (unpaired) electrons. The van der Waals surface area contributed by atoms with Crippen LogP contribution >= 0.6 is 0 Å². The zero-order valence-corrected chi connectivity index (χ0v) is 14.0. The normalized spacial score (nSPS) is 19.9. The summed E-state index contributed by atoms with van der Waals surface area (Å²) in [6.45, 7) is 7.09. The molecule has 4 nitrogen and oxygen atoms in total. The molecule has 0 spiro atoms. The van der Waals surface area contributed by atoms with Crippen LogP contribution in [0.4, 0.5) is 13.2 Å². The molecule has 1 amide bonds. The first kappa shape index (κ1) is 17.2. The zero-order valence-electron chi connectivity index (χ0n) is 14.0. The van der Waals surface area contributed by atoms with Crippen LogP contribution in [0.3, 0.4) is 0 Å². The molecule has 3 rings (SSSR count). The molecule has 1 aromatic carbocycles. The Morgan fingerprint density at radius 2 is 1.71 bits per heavy atom. The SMILES string of the molecule is CCN1CCN(Cc2cc3c(c(C(F)(F)F)c2)CN(C)C3=O)CC1. The van der Waals surface area contributed by atoms with Crippen molar-refractivity contribution in [2.45, 2.75) is 26.2 Å². The molecule has 2 aliphatic heterocycles. The lowest BCUT2D eigenvalue weighted by Gasteiger charge is -2.34. The monoisotopic (exact) mass is 341 g/mol. The quantitative estimate of drug-likeness (QED) is 0.845. The van der Waals surface area contributed by atoms with E-state index in [2.05, 4.69) is 16.7 Å². The Morgan fingerprint density at radius 1 is 1.08 bits per heavy atom. The van der Waals surface area contributed by atoms with E-state index in [1.165, 1.54) is 18.0 Å². The number of nitrogens with zero attached hydrogens (tertiary/aromatic N) is 3. The molecule has 7 heteroatoms. The van der Waals surface area contributed by atoms with E-state index >= 15 is 0 Å². The van der Waals surface area contributed by atoms with Gasteiger partial charge in [0.2, 0.25) is 0 Å². The van der Waals surface area contributed by atoms with E-state index < -0.39 is 11.7 Å². The second-order valence-electron chi connectivity index (χ2n) is 6.54. The van der Waals surface area contributed by atoms with Crippen molar-refractivity contribution in [2.75, 3.05) is 39.8 Å². The highest BCUT2D eigenvalue weighted by Gasteiger charge is 2.39. The van der Waals surface area contributed by atoms with Gasteiger partial charge in [-0.1, -0.05) is 6.92 Å². The van der Waals surface area contributed by atoms with Gasteiger partial charge in [-0.05, 0) is 29.8 Å². The number of fused-ring (bicyclic) bond motifs is 1. The van der Waals surface area contributed by atoms with Crippen LogP contribution in [0.5, 0.6) is 0 Å². The summed E-state index contributed by atoms with van der Waals surface area (Å²) in [5.41, 5.74) is 0.207. The van der Waals surface area contributed by atoms with Crippen LogP contribution in [-0.4, -0.2) is 60.4 Å². The van der Waals surface area contributed by atoms with Crippen molar-refractivity contribution in [3.63, 3.8) is 0 Å². The van der Waals surface area contributed by atoms with Crippen molar-refractivity contribution in [3.8, 4) is 0 Å². The first-order valence-corrected chi connectivity index (χ1v) is 8.22. The summed E-state index contributed by atoms with van der Waals surface area (Å²) >= 11 is 0. The van der Waals surface area contributed by atoms with Crippen molar-refractivity contribution in [1.29, 1.82) is 0 Å². The van der Waals surface area contributed by atoms with Gasteiger partial charge in [-0.15, -0.1) is 0 Å². The first-order valence-electron chi connectivity index (χ1n) is 8.22. The van der Waals surface area contributed by atoms with E-state index in [1.807, 2.05) is 0 Å². The summed E-state index contributed by atoms with van der Waals surface area (Å²) in [6.07, 6.45) is -4.44. The number of amides is 1. The molecule has 0 bridgehead atoms. The lowest BCUT2D eigenvalue weighted by molar-refractivity contribution is -0.138. The van der Waals surface area contributed by atoms with Crippen molar-refractivity contribution in [1.82, 2.24) is 14.7 Å². The van der Waals surface area contributed by atoms with Crippen LogP contribution in [0.1, 0.15) is 34.0 Å². The predicted octanol–water partition coefficient (Wildman–Crippen LogP) is 2.43. The van der Waals surface area contributed by atoms with Gasteiger partial charge < -0.3 is 9.80 Å². The van der Waals surface area contributed by atoms with Crippen molar-refractivity contribution in [3.05, 3.63) is 34.4 Å². The average molecular weight is 341 g/mol. The third-order valence-corrected chi connectivity index (χ3v) is 4.91. The molecule has 0 N–H and O–H groups in total. The van der Waals surface area contributed by atoms with Gasteiger partial charge in [0.1, 0.15) is 0 Å². The third-order valence-electron chi connectivity index (χ3n) is 4.91. The highest BCUT2D eigenvalue weighted by molar-refractivity contribution is 5.98. The minimum absolute atomic E-state index is 0.0263. The number of halogens is 3. The molecule has 132 valence electrons. The van der Waals surface area contributed by atoms with Crippen LogP contribution in [0.2, 0.25) is 0 Å². The number of carbonyl (C=O) groups is 1. The number of carbonyl (C=O) groups excluding carboxylic acids is 1. The number of alkyl halides is 3. The Bertz CT molecular complexity index is 637. The lowest BCUT2D eigenvalue weighted by Crippen LogP contribution is -2.45. The molecule has 1 fully saturated rings. The molecule has 1 aromatic rings. The van der Waals surface area contributed by atoms with Gasteiger partial charge >= 0.3 is 6.18 Å². The zero-order chi connectivity index (χ0) is 17.5. The summed E-state index contributed by atoms with van der Waals surface area (Å²) in [6, 6.07) is 2.86. The van der Waals surface area contributed by atoms with E-state index in [0.717, 1.165) is 32.7 Å². The van der Waals surface area contributed by atoms with Gasteiger partial charge in [-0.2, -0.15) is 13.2 Å². The maximum atomic E-state index is 13.4. The number of benzene rings is 1. The van der Waals surface area contributed by atoms with Crippen molar-refractivity contribution < 1.29 is 18.0 Å². The Hall–Kier alpha value is -1.60. The molecule has 0 aliphatic carbocycles. The number of hydrogen-bond donors (Lipinski definition) is 0. The Labute approximate surface area is 139 Å². The Kier molecular flexibility index (Phi) is 4.57. The molecule has 0 saturated carbocycles. The minimum atomic E-state index is -4.44. The second-order valence-corrected chi connectivity index (χ2v) is 6.54. The van der Waals surface area contributed by atoms with Gasteiger partial charge in [0.15, 0.2) is 0 Å². The number of hydrogen-bond acceptors (Lipinski definition) is 3. The van der Waals surface area contributed by atoms with E-state index in [-0.39, 0.29) is 23.6 Å². The summed E-state index contributed by atoms with van der Waals surface area (Å²) in [5.74, 6) is -0.326. The molecular formula is C17H22F3N3O. The summed E-state index contributed by atoms with van der Waals surface area (Å²) in [5, 5.41) is 0. The molecule has 0 unspecified atom stereocenters. The minimum Gasteiger partial charge on any atom is -0.337 e. The molecule has 2 heterocycles. The van der Waals surface area contributed by atoms with Crippen molar-refractivity contribution in [2.24, 2.45) is 0 Å². The van der Waals surface area contributed by atoms with Crippen molar-refractivity contribution >= 4 is 5.91 Å². The largest absolute Gasteiger partial charge is 0.416 e. The van der Waals surface area contributed by atoms with Gasteiger partial charge in [0.05, 0.1) is 5.56 Å². The number of piperazine rings is 1. The predicted molar refractivity (Wildman–Crippen MR) is 84.6 cm³/mol. The molecule has 0 atom stereocenters. The van der Waals surface area contributed by atoms with Gasteiger partial charge in [0, 0.05) is 51.9 Å².